The molecule has 0 saturated carbocycles. The molecule has 1 N–H and O–H groups in total. The number of carboxylic acid groups (broad SMARTS) is 1. The summed E-state index contributed by atoms with van der Waals surface area (Å²) in [4.78, 5) is 12.1. The van der Waals surface area contributed by atoms with Crippen LogP contribution in [-0.2, 0) is 4.79 Å². The molecule has 20 heavy (non-hydrogen) atoms. The molecule has 0 aliphatic rings. The third-order valence-electron chi connectivity index (χ3n) is 2.66. The Morgan fingerprint density at radius 3 is 2.85 bits per heavy atom. The van der Waals surface area contributed by atoms with E-state index in [0.29, 0.717) is 12.2 Å². The molecule has 1 aromatic heterocycles. The first kappa shape index (κ1) is 14.3. The highest BCUT2D eigenvalue weighted by Crippen LogP contribution is 2.24. The Balaban J connectivity index is 2.29. The summed E-state index contributed by atoms with van der Waals surface area (Å²) in [5.41, 5.74) is 1.12. The van der Waals surface area contributed by atoms with Crippen molar-refractivity contribution in [2.75, 3.05) is 6.61 Å². The second-order valence-corrected chi connectivity index (χ2v) is 5.21. The van der Waals surface area contributed by atoms with Gasteiger partial charge in [0.05, 0.1) is 12.2 Å². The van der Waals surface area contributed by atoms with Crippen LogP contribution in [0.15, 0.2) is 41.8 Å². The van der Waals surface area contributed by atoms with Crippen LogP contribution in [0.25, 0.3) is 11.6 Å². The van der Waals surface area contributed by atoms with Crippen LogP contribution in [-0.4, -0.2) is 17.7 Å². The van der Waals surface area contributed by atoms with Crippen LogP contribution in [0.2, 0.25) is 0 Å². The fourth-order valence-electron chi connectivity index (χ4n) is 1.75. The van der Waals surface area contributed by atoms with Crippen LogP contribution < -0.4 is 4.74 Å². The van der Waals surface area contributed by atoms with Gasteiger partial charge in [-0.05, 0) is 41.6 Å². The summed E-state index contributed by atoms with van der Waals surface area (Å²) in [5.74, 6) is -0.163. The molecular weight excluding hydrogens is 272 g/mol. The zero-order chi connectivity index (χ0) is 14.4. The second kappa shape index (κ2) is 6.91. The predicted molar refractivity (Wildman–Crippen MR) is 82.1 cm³/mol. The van der Waals surface area contributed by atoms with E-state index in [1.165, 1.54) is 11.3 Å². The first-order chi connectivity index (χ1) is 9.70. The molecule has 2 aromatic rings. The molecule has 0 radical (unpaired) electrons. The average molecular weight is 288 g/mol. The third kappa shape index (κ3) is 3.71. The molecule has 0 aliphatic carbocycles. The lowest BCUT2D eigenvalue weighted by atomic mass is 10.1. The Hall–Kier alpha value is -2.07. The number of aliphatic carboxylic acids is 1. The summed E-state index contributed by atoms with van der Waals surface area (Å²) >= 11 is 1.42. The molecule has 0 amide bonds. The fourth-order valence-corrected chi connectivity index (χ4v) is 2.48. The molecule has 0 unspecified atom stereocenters. The molecule has 0 aliphatic heterocycles. The monoisotopic (exact) mass is 288 g/mol. The van der Waals surface area contributed by atoms with Gasteiger partial charge in [0.25, 0.3) is 0 Å². The van der Waals surface area contributed by atoms with Gasteiger partial charge in [0, 0.05) is 4.88 Å². The van der Waals surface area contributed by atoms with Crippen molar-refractivity contribution < 1.29 is 14.6 Å². The molecule has 0 bridgehead atoms. The van der Waals surface area contributed by atoms with Gasteiger partial charge in [-0.1, -0.05) is 25.1 Å². The Bertz CT molecular complexity index is 600. The fraction of sp³-hybridized carbons (Fsp3) is 0.188. The molecule has 0 spiro atoms. The van der Waals surface area contributed by atoms with Gasteiger partial charge >= 0.3 is 5.97 Å². The molecule has 0 atom stereocenters. The summed E-state index contributed by atoms with van der Waals surface area (Å²) in [6.07, 6.45) is 2.61. The maximum atomic E-state index is 11.4. The van der Waals surface area contributed by atoms with Crippen LogP contribution in [0.4, 0.5) is 0 Å². The van der Waals surface area contributed by atoms with Gasteiger partial charge in [0.2, 0.25) is 0 Å². The van der Waals surface area contributed by atoms with E-state index in [1.807, 2.05) is 48.7 Å². The van der Waals surface area contributed by atoms with E-state index >= 15 is 0 Å². The SMILES string of the molecule is CCCOc1cccc(C=C(C(=O)O)c2cccs2)c1. The molecule has 0 fully saturated rings. The van der Waals surface area contributed by atoms with Gasteiger partial charge in [-0.15, -0.1) is 11.3 Å². The lowest BCUT2D eigenvalue weighted by molar-refractivity contribution is -0.130. The third-order valence-corrected chi connectivity index (χ3v) is 3.56. The number of thiophene rings is 1. The lowest BCUT2D eigenvalue weighted by Gasteiger charge is -2.05. The van der Waals surface area contributed by atoms with E-state index < -0.39 is 5.97 Å². The largest absolute Gasteiger partial charge is 0.494 e. The molecule has 0 saturated heterocycles. The minimum absolute atomic E-state index is 0.299. The molecule has 3 nitrogen and oxygen atoms in total. The number of carbonyl (C=O) groups is 1. The number of rotatable bonds is 6. The first-order valence-corrected chi connectivity index (χ1v) is 7.30. The van der Waals surface area contributed by atoms with Crippen molar-refractivity contribution in [3.63, 3.8) is 0 Å². The van der Waals surface area contributed by atoms with E-state index in [9.17, 15) is 9.90 Å². The van der Waals surface area contributed by atoms with Crippen molar-refractivity contribution in [3.8, 4) is 5.75 Å². The van der Waals surface area contributed by atoms with E-state index in [0.717, 1.165) is 22.6 Å². The lowest BCUT2D eigenvalue weighted by Crippen LogP contribution is -1.98. The summed E-state index contributed by atoms with van der Waals surface area (Å²) in [5, 5.41) is 11.2. The minimum atomic E-state index is -0.924. The molecule has 1 heterocycles. The molecule has 2 rings (SSSR count). The van der Waals surface area contributed by atoms with E-state index in [4.69, 9.17) is 4.74 Å². The van der Waals surface area contributed by atoms with Crippen molar-refractivity contribution in [1.82, 2.24) is 0 Å². The number of benzene rings is 1. The minimum Gasteiger partial charge on any atom is -0.494 e. The van der Waals surface area contributed by atoms with Crippen LogP contribution >= 0.6 is 11.3 Å². The smallest absolute Gasteiger partial charge is 0.337 e. The maximum Gasteiger partial charge on any atom is 0.337 e. The van der Waals surface area contributed by atoms with E-state index in [2.05, 4.69) is 0 Å². The van der Waals surface area contributed by atoms with Gasteiger partial charge in [0.1, 0.15) is 5.75 Å². The Kier molecular flexibility index (Phi) is 4.96. The topological polar surface area (TPSA) is 46.5 Å². The average Bonchev–Trinajstić information content (AvgIpc) is 2.96. The maximum absolute atomic E-state index is 11.4. The van der Waals surface area contributed by atoms with E-state index in [-0.39, 0.29) is 0 Å². The number of hydrogen-bond donors (Lipinski definition) is 1. The molecule has 104 valence electrons. The molecular formula is C16H16O3S. The van der Waals surface area contributed by atoms with Crippen molar-refractivity contribution in [3.05, 3.63) is 52.2 Å². The quantitative estimate of drug-likeness (QED) is 0.812. The molecule has 1 aromatic carbocycles. The van der Waals surface area contributed by atoms with Crippen molar-refractivity contribution in [2.24, 2.45) is 0 Å². The van der Waals surface area contributed by atoms with Gasteiger partial charge in [0.15, 0.2) is 0 Å². The van der Waals surface area contributed by atoms with Crippen LogP contribution in [0.5, 0.6) is 5.75 Å². The number of carboxylic acids is 1. The zero-order valence-electron chi connectivity index (χ0n) is 11.2. The first-order valence-electron chi connectivity index (χ1n) is 6.42. The van der Waals surface area contributed by atoms with Gasteiger partial charge < -0.3 is 9.84 Å². The zero-order valence-corrected chi connectivity index (χ0v) is 12.0. The number of hydrogen-bond acceptors (Lipinski definition) is 3. The highest BCUT2D eigenvalue weighted by atomic mass is 32.1. The Labute approximate surface area is 122 Å². The predicted octanol–water partition coefficient (Wildman–Crippen LogP) is 4.16. The summed E-state index contributed by atoms with van der Waals surface area (Å²) < 4.78 is 5.55. The van der Waals surface area contributed by atoms with Crippen LogP contribution in [0.1, 0.15) is 23.8 Å². The summed E-state index contributed by atoms with van der Waals surface area (Å²) in [7, 11) is 0. The standard InChI is InChI=1S/C16H16O3S/c1-2-8-19-13-6-3-5-12(10-13)11-14(16(17)18)15-7-4-9-20-15/h3-7,9-11H,2,8H2,1H3,(H,17,18). The molecule has 4 heteroatoms. The van der Waals surface area contributed by atoms with Gasteiger partial charge in [-0.25, -0.2) is 4.79 Å². The van der Waals surface area contributed by atoms with Crippen molar-refractivity contribution in [2.45, 2.75) is 13.3 Å². The normalized spacial score (nSPS) is 11.3. The summed E-state index contributed by atoms with van der Waals surface area (Å²) in [6.45, 7) is 2.70. The second-order valence-electron chi connectivity index (χ2n) is 4.26. The Morgan fingerprint density at radius 1 is 1.35 bits per heavy atom. The van der Waals surface area contributed by atoms with Gasteiger partial charge in [-0.2, -0.15) is 0 Å². The number of ether oxygens (including phenoxy) is 1. The highest BCUT2D eigenvalue weighted by Gasteiger charge is 2.11. The summed E-state index contributed by atoms with van der Waals surface area (Å²) in [6, 6.07) is 11.1. The highest BCUT2D eigenvalue weighted by molar-refractivity contribution is 7.11. The van der Waals surface area contributed by atoms with Crippen molar-refractivity contribution >= 4 is 29.0 Å². The van der Waals surface area contributed by atoms with E-state index in [1.54, 1.807) is 6.08 Å². The Morgan fingerprint density at radius 2 is 2.20 bits per heavy atom. The van der Waals surface area contributed by atoms with Crippen LogP contribution in [0, 0.1) is 0 Å². The van der Waals surface area contributed by atoms with Gasteiger partial charge in [-0.3, -0.25) is 0 Å². The van der Waals surface area contributed by atoms with Crippen molar-refractivity contribution in [1.29, 1.82) is 0 Å². The van der Waals surface area contributed by atoms with Crippen LogP contribution in [0.3, 0.4) is 0 Å².